The highest BCUT2D eigenvalue weighted by Gasteiger charge is 2.29. The van der Waals surface area contributed by atoms with Crippen LogP contribution in [0.15, 0.2) is 16.3 Å². The SMILES string of the molecule is O=C(c1cc(S(=O)(=O)N2CCCC2)cs1)N1CCSCC1. The molecule has 0 radical (unpaired) electrons. The molecule has 1 amide bonds. The third kappa shape index (κ3) is 3.13. The van der Waals surface area contributed by atoms with Gasteiger partial charge in [0.05, 0.1) is 9.77 Å². The topological polar surface area (TPSA) is 57.7 Å². The van der Waals surface area contributed by atoms with Gasteiger partial charge in [-0.15, -0.1) is 11.3 Å². The van der Waals surface area contributed by atoms with E-state index >= 15 is 0 Å². The average Bonchev–Trinajstić information content (AvgIpc) is 3.19. The summed E-state index contributed by atoms with van der Waals surface area (Å²) in [5.74, 6) is 1.87. The molecule has 21 heavy (non-hydrogen) atoms. The van der Waals surface area contributed by atoms with Crippen molar-refractivity contribution in [2.24, 2.45) is 0 Å². The molecule has 3 heterocycles. The van der Waals surface area contributed by atoms with E-state index in [1.54, 1.807) is 11.4 Å². The first-order chi connectivity index (χ1) is 10.1. The van der Waals surface area contributed by atoms with Crippen molar-refractivity contribution in [3.8, 4) is 0 Å². The van der Waals surface area contributed by atoms with Crippen molar-refractivity contribution < 1.29 is 13.2 Å². The summed E-state index contributed by atoms with van der Waals surface area (Å²) in [6.07, 6.45) is 1.83. The summed E-state index contributed by atoms with van der Waals surface area (Å²) in [4.78, 5) is 15.0. The number of hydrogen-bond donors (Lipinski definition) is 0. The lowest BCUT2D eigenvalue weighted by Crippen LogP contribution is -2.37. The van der Waals surface area contributed by atoms with Crippen molar-refractivity contribution in [3.63, 3.8) is 0 Å². The minimum absolute atomic E-state index is 0.0387. The van der Waals surface area contributed by atoms with Crippen molar-refractivity contribution in [2.45, 2.75) is 17.7 Å². The van der Waals surface area contributed by atoms with Crippen LogP contribution in [0, 0.1) is 0 Å². The molecule has 116 valence electrons. The van der Waals surface area contributed by atoms with E-state index in [1.165, 1.54) is 15.6 Å². The molecule has 2 aliphatic heterocycles. The molecule has 0 aliphatic carbocycles. The van der Waals surface area contributed by atoms with E-state index < -0.39 is 10.0 Å². The first-order valence-electron chi connectivity index (χ1n) is 7.05. The normalized spacial score (nSPS) is 20.9. The maximum atomic E-state index is 12.5. The van der Waals surface area contributed by atoms with Crippen LogP contribution in [-0.2, 0) is 10.0 Å². The standard InChI is InChI=1S/C13H18N2O3S3/c16-13(14-5-7-19-8-6-14)12-9-11(10-20-12)21(17,18)15-3-1-2-4-15/h9-10H,1-8H2. The number of carbonyl (C=O) groups excluding carboxylic acids is 1. The molecule has 2 aliphatic rings. The molecule has 0 bridgehead atoms. The van der Waals surface area contributed by atoms with Gasteiger partial charge >= 0.3 is 0 Å². The van der Waals surface area contributed by atoms with Gasteiger partial charge in [-0.3, -0.25) is 4.79 Å². The summed E-state index contributed by atoms with van der Waals surface area (Å²) in [5.41, 5.74) is 0. The van der Waals surface area contributed by atoms with Crippen LogP contribution < -0.4 is 0 Å². The monoisotopic (exact) mass is 346 g/mol. The third-order valence-corrected chi connectivity index (χ3v) is 7.67. The molecule has 1 aromatic rings. The molecule has 0 atom stereocenters. The van der Waals surface area contributed by atoms with Crippen molar-refractivity contribution in [1.82, 2.24) is 9.21 Å². The fourth-order valence-electron chi connectivity index (χ4n) is 2.57. The molecular formula is C13H18N2O3S3. The summed E-state index contributed by atoms with van der Waals surface area (Å²) in [6.45, 7) is 2.67. The zero-order valence-corrected chi connectivity index (χ0v) is 14.1. The Kier molecular flexibility index (Phi) is 4.58. The van der Waals surface area contributed by atoms with E-state index in [0.29, 0.717) is 18.0 Å². The molecule has 5 nitrogen and oxygen atoms in total. The Balaban J connectivity index is 1.78. The largest absolute Gasteiger partial charge is 0.336 e. The highest BCUT2D eigenvalue weighted by molar-refractivity contribution is 7.99. The maximum absolute atomic E-state index is 12.5. The third-order valence-electron chi connectivity index (χ3n) is 3.79. The van der Waals surface area contributed by atoms with E-state index in [-0.39, 0.29) is 10.8 Å². The van der Waals surface area contributed by atoms with Crippen LogP contribution in [0.3, 0.4) is 0 Å². The molecular weight excluding hydrogens is 328 g/mol. The number of thiophene rings is 1. The first-order valence-corrected chi connectivity index (χ1v) is 10.5. The fraction of sp³-hybridized carbons (Fsp3) is 0.615. The summed E-state index contributed by atoms with van der Waals surface area (Å²) in [5, 5.41) is 1.60. The Labute approximate surface area is 133 Å². The molecule has 2 saturated heterocycles. The van der Waals surface area contributed by atoms with E-state index in [9.17, 15) is 13.2 Å². The summed E-state index contributed by atoms with van der Waals surface area (Å²) < 4.78 is 26.4. The molecule has 8 heteroatoms. The molecule has 2 fully saturated rings. The van der Waals surface area contributed by atoms with Crippen molar-refractivity contribution in [3.05, 3.63) is 16.3 Å². The molecule has 0 spiro atoms. The van der Waals surface area contributed by atoms with Crippen LogP contribution in [0.5, 0.6) is 0 Å². The minimum atomic E-state index is -3.41. The summed E-state index contributed by atoms with van der Waals surface area (Å²) in [7, 11) is -3.41. The number of hydrogen-bond acceptors (Lipinski definition) is 5. The van der Waals surface area contributed by atoms with Crippen LogP contribution in [0.2, 0.25) is 0 Å². The quantitative estimate of drug-likeness (QED) is 0.836. The number of nitrogens with zero attached hydrogens (tertiary/aromatic N) is 2. The van der Waals surface area contributed by atoms with Crippen molar-refractivity contribution in [1.29, 1.82) is 0 Å². The van der Waals surface area contributed by atoms with Crippen LogP contribution >= 0.6 is 23.1 Å². The molecule has 1 aromatic heterocycles. The molecule has 0 N–H and O–H groups in total. The number of carbonyl (C=O) groups is 1. The Morgan fingerprint density at radius 3 is 2.43 bits per heavy atom. The lowest BCUT2D eigenvalue weighted by Gasteiger charge is -2.25. The maximum Gasteiger partial charge on any atom is 0.264 e. The Hall–Kier alpha value is -0.570. The van der Waals surface area contributed by atoms with E-state index in [1.807, 2.05) is 16.7 Å². The number of sulfonamides is 1. The van der Waals surface area contributed by atoms with E-state index in [2.05, 4.69) is 0 Å². The Bertz CT molecular complexity index is 614. The molecule has 3 rings (SSSR count). The Morgan fingerprint density at radius 2 is 1.76 bits per heavy atom. The highest BCUT2D eigenvalue weighted by Crippen LogP contribution is 2.26. The van der Waals surface area contributed by atoms with Gasteiger partial charge in [0.1, 0.15) is 0 Å². The zero-order chi connectivity index (χ0) is 14.9. The van der Waals surface area contributed by atoms with E-state index in [0.717, 1.165) is 37.4 Å². The van der Waals surface area contributed by atoms with Gasteiger partial charge in [0, 0.05) is 43.1 Å². The predicted molar refractivity (Wildman–Crippen MR) is 85.5 cm³/mol. The number of amides is 1. The summed E-state index contributed by atoms with van der Waals surface area (Å²) >= 11 is 3.08. The van der Waals surface area contributed by atoms with Crippen LogP contribution in [0.4, 0.5) is 0 Å². The fourth-order valence-corrected chi connectivity index (χ4v) is 6.21. The second kappa shape index (κ2) is 6.28. The van der Waals surface area contributed by atoms with Gasteiger partial charge in [0.2, 0.25) is 10.0 Å². The Morgan fingerprint density at radius 1 is 1.10 bits per heavy atom. The van der Waals surface area contributed by atoms with E-state index in [4.69, 9.17) is 0 Å². The van der Waals surface area contributed by atoms with Crippen LogP contribution in [0.25, 0.3) is 0 Å². The predicted octanol–water partition coefficient (Wildman–Crippen LogP) is 1.72. The lowest BCUT2D eigenvalue weighted by molar-refractivity contribution is 0.0777. The minimum Gasteiger partial charge on any atom is -0.336 e. The van der Waals surface area contributed by atoms with Gasteiger partial charge in [-0.05, 0) is 18.9 Å². The number of rotatable bonds is 3. The van der Waals surface area contributed by atoms with Gasteiger partial charge < -0.3 is 4.90 Å². The van der Waals surface area contributed by atoms with Gasteiger partial charge in [-0.25, -0.2) is 8.42 Å². The second-order valence-corrected chi connectivity index (χ2v) is 9.24. The highest BCUT2D eigenvalue weighted by atomic mass is 32.2. The zero-order valence-electron chi connectivity index (χ0n) is 11.7. The molecule has 0 saturated carbocycles. The lowest BCUT2D eigenvalue weighted by atomic mass is 10.4. The van der Waals surface area contributed by atoms with Crippen molar-refractivity contribution in [2.75, 3.05) is 37.7 Å². The first kappa shape index (κ1) is 15.3. The molecule has 0 aromatic carbocycles. The van der Waals surface area contributed by atoms with Gasteiger partial charge in [-0.1, -0.05) is 0 Å². The van der Waals surface area contributed by atoms with Crippen LogP contribution in [-0.4, -0.2) is 61.2 Å². The summed E-state index contributed by atoms with van der Waals surface area (Å²) in [6, 6.07) is 1.54. The smallest absolute Gasteiger partial charge is 0.264 e. The van der Waals surface area contributed by atoms with Crippen molar-refractivity contribution >= 4 is 39.0 Å². The van der Waals surface area contributed by atoms with Gasteiger partial charge in [-0.2, -0.15) is 16.1 Å². The van der Waals surface area contributed by atoms with Gasteiger partial charge in [0.25, 0.3) is 5.91 Å². The number of thioether (sulfide) groups is 1. The van der Waals surface area contributed by atoms with Gasteiger partial charge in [0.15, 0.2) is 0 Å². The average molecular weight is 346 g/mol. The van der Waals surface area contributed by atoms with Crippen LogP contribution in [0.1, 0.15) is 22.5 Å². The second-order valence-electron chi connectivity index (χ2n) is 5.16. The molecule has 0 unspecified atom stereocenters.